The Bertz CT molecular complexity index is 1170. The largest absolute Gasteiger partial charge is 0.325 e. The molecule has 1 amide bonds. The number of aryl methyl sites for hydroxylation is 1. The normalized spacial score (nSPS) is 10.9. The predicted molar refractivity (Wildman–Crippen MR) is 134 cm³/mol. The first-order valence-corrected chi connectivity index (χ1v) is 12.8. The zero-order chi connectivity index (χ0) is 24.0. The molecule has 0 fully saturated rings. The van der Waals surface area contributed by atoms with Crippen LogP contribution in [0.1, 0.15) is 23.9 Å². The summed E-state index contributed by atoms with van der Waals surface area (Å²) < 4.78 is 1.98. The molecule has 0 aliphatic carbocycles. The lowest BCUT2D eigenvalue weighted by Gasteiger charge is -2.09. The van der Waals surface area contributed by atoms with Crippen LogP contribution in [-0.2, 0) is 22.8 Å². The summed E-state index contributed by atoms with van der Waals surface area (Å²) in [6, 6.07) is 9.78. The molecule has 8 nitrogen and oxygen atoms in total. The molecule has 174 valence electrons. The van der Waals surface area contributed by atoms with Crippen LogP contribution in [0.15, 0.2) is 41.6 Å². The van der Waals surface area contributed by atoms with Crippen LogP contribution in [-0.4, -0.2) is 31.3 Å². The number of thioether (sulfide) groups is 2. The van der Waals surface area contributed by atoms with E-state index in [1.54, 1.807) is 24.8 Å². The number of nitrogens with zero attached hydrogens (tertiary/aromatic N) is 4. The molecule has 0 bridgehead atoms. The number of hydrogen-bond acceptors (Lipinski definition) is 7. The average molecular weight is 526 g/mol. The zero-order valence-electron chi connectivity index (χ0n) is 17.9. The van der Waals surface area contributed by atoms with Gasteiger partial charge in [0.05, 0.1) is 16.4 Å². The van der Waals surface area contributed by atoms with Gasteiger partial charge in [-0.2, -0.15) is 0 Å². The predicted octanol–water partition coefficient (Wildman–Crippen LogP) is 5.99. The number of halogens is 2. The lowest BCUT2D eigenvalue weighted by molar-refractivity contribution is -0.384. The van der Waals surface area contributed by atoms with Crippen LogP contribution < -0.4 is 5.32 Å². The number of aromatic nitrogens is 3. The molecule has 0 atom stereocenters. The SMILES string of the molecule is CCn1c(CSCc2ccc(Cl)cc2Cl)nnc1SCC(=O)Nc1ccc([N+](=O)[O-])cc1C. The Labute approximate surface area is 209 Å². The van der Waals surface area contributed by atoms with Gasteiger partial charge >= 0.3 is 0 Å². The maximum absolute atomic E-state index is 12.4. The van der Waals surface area contributed by atoms with E-state index in [1.165, 1.54) is 30.0 Å². The van der Waals surface area contributed by atoms with Gasteiger partial charge in [0, 0.05) is 40.2 Å². The molecule has 0 unspecified atom stereocenters. The van der Waals surface area contributed by atoms with Crippen molar-refractivity contribution in [1.82, 2.24) is 14.8 Å². The summed E-state index contributed by atoms with van der Waals surface area (Å²) in [5.41, 5.74) is 2.15. The minimum Gasteiger partial charge on any atom is -0.325 e. The molecule has 1 aromatic heterocycles. The summed E-state index contributed by atoms with van der Waals surface area (Å²) >= 11 is 15.1. The smallest absolute Gasteiger partial charge is 0.269 e. The molecule has 3 aromatic rings. The minimum absolute atomic E-state index is 0.0142. The van der Waals surface area contributed by atoms with E-state index < -0.39 is 4.92 Å². The molecule has 0 aliphatic rings. The second-order valence-corrected chi connectivity index (χ2v) is 9.74. The van der Waals surface area contributed by atoms with Crippen LogP contribution in [0.3, 0.4) is 0 Å². The quantitative estimate of drug-likeness (QED) is 0.197. The highest BCUT2D eigenvalue weighted by atomic mass is 35.5. The maximum atomic E-state index is 12.4. The van der Waals surface area contributed by atoms with Gasteiger partial charge in [0.25, 0.3) is 5.69 Å². The van der Waals surface area contributed by atoms with Crippen LogP contribution >= 0.6 is 46.7 Å². The van der Waals surface area contributed by atoms with E-state index in [9.17, 15) is 14.9 Å². The Morgan fingerprint density at radius 3 is 2.64 bits per heavy atom. The molecule has 0 saturated heterocycles. The fourth-order valence-electron chi connectivity index (χ4n) is 2.96. The van der Waals surface area contributed by atoms with Crippen molar-refractivity contribution in [3.05, 3.63) is 73.5 Å². The molecule has 0 radical (unpaired) electrons. The summed E-state index contributed by atoms with van der Waals surface area (Å²) in [7, 11) is 0. The lowest BCUT2D eigenvalue weighted by atomic mass is 10.2. The Balaban J connectivity index is 1.55. The number of nitrogens with one attached hydrogen (secondary N) is 1. The fourth-order valence-corrected chi connectivity index (χ4v) is 5.30. The molecule has 1 N–H and O–H groups in total. The number of nitro groups is 1. The van der Waals surface area contributed by atoms with Crippen molar-refractivity contribution < 1.29 is 9.72 Å². The molecular formula is C21H21Cl2N5O3S2. The topological polar surface area (TPSA) is 103 Å². The second-order valence-electron chi connectivity index (χ2n) is 6.96. The molecular weight excluding hydrogens is 505 g/mol. The number of amides is 1. The maximum Gasteiger partial charge on any atom is 0.269 e. The third-order valence-electron chi connectivity index (χ3n) is 4.64. The third kappa shape index (κ3) is 6.86. The molecule has 0 saturated carbocycles. The van der Waals surface area contributed by atoms with Gasteiger partial charge in [-0.25, -0.2) is 0 Å². The van der Waals surface area contributed by atoms with Crippen LogP contribution in [0.4, 0.5) is 11.4 Å². The summed E-state index contributed by atoms with van der Waals surface area (Å²) in [5.74, 6) is 2.10. The molecule has 0 spiro atoms. The highest BCUT2D eigenvalue weighted by Crippen LogP contribution is 2.27. The molecule has 1 heterocycles. The van der Waals surface area contributed by atoms with Gasteiger partial charge in [-0.15, -0.1) is 22.0 Å². The first-order valence-electron chi connectivity index (χ1n) is 9.90. The number of benzene rings is 2. The molecule has 12 heteroatoms. The van der Waals surface area contributed by atoms with Gasteiger partial charge in [0.15, 0.2) is 5.16 Å². The van der Waals surface area contributed by atoms with Gasteiger partial charge in [0.1, 0.15) is 5.82 Å². The summed E-state index contributed by atoms with van der Waals surface area (Å²) in [6.07, 6.45) is 0. The van der Waals surface area contributed by atoms with E-state index in [0.29, 0.717) is 44.5 Å². The second kappa shape index (κ2) is 11.7. The first kappa shape index (κ1) is 25.4. The summed E-state index contributed by atoms with van der Waals surface area (Å²) in [4.78, 5) is 22.8. The number of rotatable bonds is 10. The van der Waals surface area contributed by atoms with Crippen molar-refractivity contribution >= 4 is 64.0 Å². The number of nitro benzene ring substituents is 1. The molecule has 33 heavy (non-hydrogen) atoms. The highest BCUT2D eigenvalue weighted by Gasteiger charge is 2.15. The minimum atomic E-state index is -0.466. The Morgan fingerprint density at radius 2 is 1.97 bits per heavy atom. The summed E-state index contributed by atoms with van der Waals surface area (Å²) in [6.45, 7) is 4.39. The van der Waals surface area contributed by atoms with Crippen molar-refractivity contribution in [1.29, 1.82) is 0 Å². The average Bonchev–Trinajstić information content (AvgIpc) is 3.16. The lowest BCUT2D eigenvalue weighted by Crippen LogP contribution is -2.15. The number of anilines is 1. The van der Waals surface area contributed by atoms with E-state index in [0.717, 1.165) is 11.4 Å². The van der Waals surface area contributed by atoms with Crippen LogP contribution in [0.2, 0.25) is 10.0 Å². The zero-order valence-corrected chi connectivity index (χ0v) is 21.0. The number of hydrogen-bond donors (Lipinski definition) is 1. The third-order valence-corrected chi connectivity index (χ3v) is 7.17. The van der Waals surface area contributed by atoms with Crippen molar-refractivity contribution in [2.75, 3.05) is 11.1 Å². The summed E-state index contributed by atoms with van der Waals surface area (Å²) in [5, 5.41) is 24.1. The van der Waals surface area contributed by atoms with Crippen LogP contribution in [0.25, 0.3) is 0 Å². The first-order chi connectivity index (χ1) is 15.8. The van der Waals surface area contributed by atoms with Gasteiger partial charge in [-0.05, 0) is 43.2 Å². The monoisotopic (exact) mass is 525 g/mol. The number of non-ortho nitro benzene ring substituents is 1. The van der Waals surface area contributed by atoms with Crippen molar-refractivity contribution in [3.8, 4) is 0 Å². The van der Waals surface area contributed by atoms with E-state index in [-0.39, 0.29) is 17.3 Å². The van der Waals surface area contributed by atoms with Crippen LogP contribution in [0.5, 0.6) is 0 Å². The van der Waals surface area contributed by atoms with Gasteiger partial charge < -0.3 is 9.88 Å². The van der Waals surface area contributed by atoms with Gasteiger partial charge in [-0.3, -0.25) is 14.9 Å². The van der Waals surface area contributed by atoms with Crippen LogP contribution in [0, 0.1) is 17.0 Å². The molecule has 3 rings (SSSR count). The van der Waals surface area contributed by atoms with E-state index in [2.05, 4.69) is 15.5 Å². The Hall–Kier alpha value is -2.27. The van der Waals surface area contributed by atoms with Crippen molar-refractivity contribution in [2.45, 2.75) is 37.1 Å². The fraction of sp³-hybridized carbons (Fsp3) is 0.286. The highest BCUT2D eigenvalue weighted by molar-refractivity contribution is 7.99. The number of carbonyl (C=O) groups is 1. The van der Waals surface area contributed by atoms with Crippen molar-refractivity contribution in [3.63, 3.8) is 0 Å². The Morgan fingerprint density at radius 1 is 1.18 bits per heavy atom. The van der Waals surface area contributed by atoms with Crippen molar-refractivity contribution in [2.24, 2.45) is 0 Å². The van der Waals surface area contributed by atoms with Gasteiger partial charge in [-0.1, -0.05) is 41.0 Å². The molecule has 0 aliphatic heterocycles. The van der Waals surface area contributed by atoms with E-state index in [4.69, 9.17) is 23.2 Å². The van der Waals surface area contributed by atoms with Gasteiger partial charge in [0.2, 0.25) is 5.91 Å². The Kier molecular flexibility index (Phi) is 9.02. The molecule has 2 aromatic carbocycles. The van der Waals surface area contributed by atoms with E-state index >= 15 is 0 Å². The number of carbonyl (C=O) groups excluding carboxylic acids is 1. The van der Waals surface area contributed by atoms with E-state index in [1.807, 2.05) is 23.6 Å². The standard InChI is InChI=1S/C21H21Cl2N5O3S2/c1-3-27-19(11-32-10-14-4-5-15(22)9-17(14)23)25-26-21(27)33-12-20(29)24-18-7-6-16(28(30)31)8-13(18)2/h4-9H,3,10-12H2,1-2H3,(H,24,29).